The van der Waals surface area contributed by atoms with Crippen LogP contribution in [0, 0.1) is 6.92 Å². The molecule has 29 heavy (non-hydrogen) atoms. The highest BCUT2D eigenvalue weighted by Gasteiger charge is 2.22. The van der Waals surface area contributed by atoms with E-state index in [1.165, 1.54) is 23.9 Å². The zero-order valence-electron chi connectivity index (χ0n) is 15.9. The largest absolute Gasteiger partial charge is 0.492 e. The molecule has 0 saturated heterocycles. The number of primary sulfonamides is 1. The van der Waals surface area contributed by atoms with Crippen LogP contribution in [-0.4, -0.2) is 30.1 Å². The van der Waals surface area contributed by atoms with Gasteiger partial charge in [-0.2, -0.15) is 0 Å². The number of benzene rings is 2. The molecule has 0 amide bonds. The van der Waals surface area contributed by atoms with E-state index in [4.69, 9.17) is 9.88 Å². The fourth-order valence-corrected chi connectivity index (χ4v) is 4.56. The van der Waals surface area contributed by atoms with Gasteiger partial charge in [0.25, 0.3) is 0 Å². The van der Waals surface area contributed by atoms with Gasteiger partial charge in [-0.1, -0.05) is 23.9 Å². The average Bonchev–Trinajstić information content (AvgIpc) is 3.25. The zero-order chi connectivity index (χ0) is 20.6. The molecule has 0 saturated carbocycles. The van der Waals surface area contributed by atoms with E-state index in [1.54, 1.807) is 6.07 Å². The molecule has 0 aliphatic carbocycles. The number of sulfonamides is 1. The van der Waals surface area contributed by atoms with Gasteiger partial charge >= 0.3 is 0 Å². The topological polar surface area (TPSA) is 111 Å². The van der Waals surface area contributed by atoms with E-state index in [-0.39, 0.29) is 10.4 Å². The number of nitrogens with one attached hydrogen (secondary N) is 2. The Labute approximate surface area is 173 Å². The summed E-state index contributed by atoms with van der Waals surface area (Å²) in [6.45, 7) is 4.28. The first-order chi connectivity index (χ1) is 13.9. The van der Waals surface area contributed by atoms with E-state index >= 15 is 0 Å². The van der Waals surface area contributed by atoms with Crippen molar-refractivity contribution in [3.63, 3.8) is 0 Å². The Morgan fingerprint density at radius 1 is 1.31 bits per heavy atom. The van der Waals surface area contributed by atoms with Crippen LogP contribution < -0.4 is 20.5 Å². The van der Waals surface area contributed by atoms with Crippen molar-refractivity contribution in [3.8, 4) is 5.75 Å². The summed E-state index contributed by atoms with van der Waals surface area (Å²) in [6, 6.07) is 12.5. The number of hydrogen-bond donors (Lipinski definition) is 3. The monoisotopic (exact) mass is 431 g/mol. The molecule has 0 radical (unpaired) electrons. The predicted molar refractivity (Wildman–Crippen MR) is 116 cm³/mol. The van der Waals surface area contributed by atoms with E-state index in [0.29, 0.717) is 18.0 Å². The van der Waals surface area contributed by atoms with Crippen LogP contribution in [0.5, 0.6) is 5.75 Å². The van der Waals surface area contributed by atoms with Crippen LogP contribution in [0.25, 0.3) is 16.9 Å². The summed E-state index contributed by atoms with van der Waals surface area (Å²) in [6.07, 6.45) is 0. The van der Waals surface area contributed by atoms with E-state index in [2.05, 4.69) is 15.6 Å². The van der Waals surface area contributed by atoms with Crippen LogP contribution in [0.15, 0.2) is 52.8 Å². The second kappa shape index (κ2) is 7.62. The molecule has 4 rings (SSSR count). The number of rotatable bonds is 6. The Kier molecular flexibility index (Phi) is 5.15. The van der Waals surface area contributed by atoms with E-state index < -0.39 is 10.0 Å². The van der Waals surface area contributed by atoms with Crippen molar-refractivity contribution in [2.75, 3.05) is 11.9 Å². The number of nitrogens with zero attached hydrogens (tertiary/aromatic N) is 2. The van der Waals surface area contributed by atoms with Gasteiger partial charge in [0.1, 0.15) is 17.4 Å². The van der Waals surface area contributed by atoms with Gasteiger partial charge in [0.05, 0.1) is 28.2 Å². The first-order valence-corrected chi connectivity index (χ1v) is 11.5. The molecule has 3 aromatic rings. The van der Waals surface area contributed by atoms with Gasteiger partial charge in [0.15, 0.2) is 5.50 Å². The lowest BCUT2D eigenvalue weighted by molar-refractivity contribution is 0.341. The highest BCUT2D eigenvalue weighted by molar-refractivity contribution is 8.03. The summed E-state index contributed by atoms with van der Waals surface area (Å²) >= 11 is 1.53. The fourth-order valence-electron chi connectivity index (χ4n) is 3.19. The molecular formula is C19H21N5O3S2. The molecule has 4 N–H and O–H groups in total. The molecule has 2 aromatic carbocycles. The van der Waals surface area contributed by atoms with Gasteiger partial charge in [-0.25, -0.2) is 18.5 Å². The lowest BCUT2D eigenvalue weighted by Crippen LogP contribution is -2.30. The Morgan fingerprint density at radius 2 is 2.10 bits per heavy atom. The van der Waals surface area contributed by atoms with Crippen molar-refractivity contribution in [1.82, 2.24) is 14.9 Å². The number of fused-ring (bicyclic) bond motifs is 1. The van der Waals surface area contributed by atoms with Gasteiger partial charge in [0, 0.05) is 5.41 Å². The highest BCUT2D eigenvalue weighted by Crippen LogP contribution is 2.33. The van der Waals surface area contributed by atoms with Crippen molar-refractivity contribution < 1.29 is 13.2 Å². The first-order valence-electron chi connectivity index (χ1n) is 8.99. The second-order valence-corrected chi connectivity index (χ2v) is 8.97. The Hall–Kier alpha value is -2.69. The van der Waals surface area contributed by atoms with Crippen LogP contribution in [0.2, 0.25) is 0 Å². The minimum atomic E-state index is -3.81. The van der Waals surface area contributed by atoms with Gasteiger partial charge in [-0.05, 0) is 44.2 Å². The predicted octanol–water partition coefficient (Wildman–Crippen LogP) is 2.88. The smallest absolute Gasteiger partial charge is 0.238 e. The third kappa shape index (κ3) is 3.91. The number of imidazole rings is 1. The van der Waals surface area contributed by atoms with Crippen LogP contribution >= 0.6 is 11.8 Å². The van der Waals surface area contributed by atoms with Gasteiger partial charge in [-0.3, -0.25) is 4.57 Å². The van der Waals surface area contributed by atoms with Crippen LogP contribution in [0.4, 0.5) is 5.69 Å². The number of hydrogen-bond acceptors (Lipinski definition) is 7. The van der Waals surface area contributed by atoms with E-state index in [1.807, 2.05) is 48.1 Å². The standard InChI is InChI=1S/C19H21N5O3S2/c1-3-27-17-9-8-13(29(20,25)26)10-15(17)22-19-23-18(11-28-19)24-12(2)21-14-6-4-5-7-16(14)24/h4-11,19,22-23H,3H2,1-2H3,(H2,20,25,26). The summed E-state index contributed by atoms with van der Waals surface area (Å²) in [5.74, 6) is 2.32. The number of ether oxygens (including phenoxy) is 1. The molecule has 8 nitrogen and oxygen atoms in total. The van der Waals surface area contributed by atoms with Crippen molar-refractivity contribution in [1.29, 1.82) is 0 Å². The van der Waals surface area contributed by atoms with Crippen molar-refractivity contribution >= 4 is 44.3 Å². The van der Waals surface area contributed by atoms with Gasteiger partial charge < -0.3 is 15.4 Å². The molecule has 1 aliphatic rings. The molecule has 0 fully saturated rings. The lowest BCUT2D eigenvalue weighted by Gasteiger charge is -2.20. The summed E-state index contributed by atoms with van der Waals surface area (Å²) in [4.78, 5) is 4.62. The number of aromatic nitrogens is 2. The van der Waals surface area contributed by atoms with Crippen molar-refractivity contribution in [2.45, 2.75) is 24.2 Å². The Balaban J connectivity index is 1.59. The molecular weight excluding hydrogens is 410 g/mol. The number of thioether (sulfide) groups is 1. The quantitative estimate of drug-likeness (QED) is 0.550. The maximum absolute atomic E-state index is 11.7. The maximum atomic E-state index is 11.7. The average molecular weight is 432 g/mol. The summed E-state index contributed by atoms with van der Waals surface area (Å²) in [5.41, 5.74) is 2.26. The number of anilines is 1. The fraction of sp³-hybridized carbons (Fsp3) is 0.211. The summed E-state index contributed by atoms with van der Waals surface area (Å²) in [7, 11) is -3.81. The lowest BCUT2D eigenvalue weighted by atomic mass is 10.3. The van der Waals surface area contributed by atoms with Crippen LogP contribution in [-0.2, 0) is 10.0 Å². The maximum Gasteiger partial charge on any atom is 0.238 e. The third-order valence-corrected chi connectivity index (χ3v) is 6.21. The van der Waals surface area contributed by atoms with E-state index in [9.17, 15) is 8.42 Å². The molecule has 2 heterocycles. The third-order valence-electron chi connectivity index (χ3n) is 4.43. The van der Waals surface area contributed by atoms with E-state index in [0.717, 1.165) is 22.7 Å². The van der Waals surface area contributed by atoms with Gasteiger partial charge in [0.2, 0.25) is 10.0 Å². The van der Waals surface area contributed by atoms with Crippen LogP contribution in [0.3, 0.4) is 0 Å². The summed E-state index contributed by atoms with van der Waals surface area (Å²) < 4.78 is 31.1. The first kappa shape index (κ1) is 19.6. The summed E-state index contributed by atoms with van der Waals surface area (Å²) in [5, 5.41) is 14.0. The molecule has 10 heteroatoms. The molecule has 152 valence electrons. The second-order valence-electron chi connectivity index (χ2n) is 6.43. The number of nitrogens with two attached hydrogens (primary N) is 1. The minimum absolute atomic E-state index is 0.0241. The van der Waals surface area contributed by atoms with Crippen molar-refractivity contribution in [2.24, 2.45) is 5.14 Å². The minimum Gasteiger partial charge on any atom is -0.492 e. The molecule has 0 spiro atoms. The van der Waals surface area contributed by atoms with Crippen molar-refractivity contribution in [3.05, 3.63) is 53.7 Å². The Morgan fingerprint density at radius 3 is 2.86 bits per heavy atom. The number of para-hydroxylation sites is 2. The Bertz CT molecular complexity index is 1200. The van der Waals surface area contributed by atoms with Crippen LogP contribution in [0.1, 0.15) is 12.7 Å². The normalized spacial score (nSPS) is 16.5. The molecule has 1 unspecified atom stereocenters. The highest BCUT2D eigenvalue weighted by atomic mass is 32.2. The molecule has 1 atom stereocenters. The zero-order valence-corrected chi connectivity index (χ0v) is 17.5. The van der Waals surface area contributed by atoms with Gasteiger partial charge in [-0.15, -0.1) is 0 Å². The molecule has 0 bridgehead atoms. The molecule has 1 aromatic heterocycles. The SMILES string of the molecule is CCOc1ccc(S(N)(=O)=O)cc1NC1NC(n2c(C)nc3ccccc32)=CS1. The molecule has 1 aliphatic heterocycles. The number of aryl methyl sites for hydroxylation is 1.